The first kappa shape index (κ1) is 43.3. The van der Waals surface area contributed by atoms with Crippen molar-refractivity contribution in [1.82, 2.24) is 40.8 Å². The normalized spacial score (nSPS) is 17.8. The fraction of sp³-hybridized carbons (Fsp3) is 0.458. The molecule has 15 nitrogen and oxygen atoms in total. The number of aromatic nitrogens is 4. The van der Waals surface area contributed by atoms with Crippen LogP contribution in [0.25, 0.3) is 44.5 Å². The fourth-order valence-corrected chi connectivity index (χ4v) is 9.35. The van der Waals surface area contributed by atoms with E-state index < -0.39 is 29.8 Å². The molecule has 5 N–H and O–H groups in total. The first-order valence-electron chi connectivity index (χ1n) is 22.2. The number of H-pyrrole nitrogens is 2. The van der Waals surface area contributed by atoms with E-state index in [1.807, 2.05) is 38.7 Å². The van der Waals surface area contributed by atoms with Gasteiger partial charge >= 0.3 is 12.2 Å². The van der Waals surface area contributed by atoms with Crippen LogP contribution in [0.15, 0.2) is 60.7 Å². The van der Waals surface area contributed by atoms with E-state index in [0.29, 0.717) is 19.6 Å². The lowest BCUT2D eigenvalue weighted by molar-refractivity contribution is -0.135. The van der Waals surface area contributed by atoms with E-state index in [9.17, 15) is 19.2 Å². The molecule has 0 bridgehead atoms. The molecule has 4 heterocycles. The molecule has 1 unspecified atom stereocenters. The molecule has 5 aromatic rings. The van der Waals surface area contributed by atoms with Crippen LogP contribution in [0.3, 0.4) is 0 Å². The lowest BCUT2D eigenvalue weighted by Crippen LogP contribution is -2.56. The van der Waals surface area contributed by atoms with Crippen LogP contribution in [0.1, 0.15) is 96.0 Å². The summed E-state index contributed by atoms with van der Waals surface area (Å²) in [5.41, 5.74) is 7.85. The number of nitrogens with one attached hydrogen (secondary N) is 5. The Kier molecular flexibility index (Phi) is 12.5. The Morgan fingerprint density at radius 2 is 1.41 bits per heavy atom. The largest absolute Gasteiger partial charge is 0.492 e. The summed E-state index contributed by atoms with van der Waals surface area (Å²) < 4.78 is 15.9. The molecule has 8 rings (SSSR count). The van der Waals surface area contributed by atoms with Gasteiger partial charge < -0.3 is 45.0 Å². The molecular formula is C48H58N8O7. The highest BCUT2D eigenvalue weighted by Gasteiger charge is 2.41. The van der Waals surface area contributed by atoms with Crippen LogP contribution in [0.5, 0.6) is 5.75 Å². The second kappa shape index (κ2) is 18.1. The van der Waals surface area contributed by atoms with Crippen molar-refractivity contribution in [2.75, 3.05) is 27.4 Å². The van der Waals surface area contributed by atoms with Crippen LogP contribution in [-0.2, 0) is 31.0 Å². The fourth-order valence-electron chi connectivity index (χ4n) is 9.35. The second-order valence-electron chi connectivity index (χ2n) is 17.7. The Morgan fingerprint density at radius 3 is 2.08 bits per heavy atom. The first-order valence-corrected chi connectivity index (χ1v) is 22.2. The van der Waals surface area contributed by atoms with Gasteiger partial charge in [-0.3, -0.25) is 9.59 Å². The zero-order chi connectivity index (χ0) is 44.4. The quantitative estimate of drug-likeness (QED) is 0.0878. The zero-order valence-electron chi connectivity index (χ0n) is 36.9. The number of fused-ring (bicyclic) bond motifs is 4. The summed E-state index contributed by atoms with van der Waals surface area (Å²) in [4.78, 5) is 70.7. The number of carbonyl (C=O) groups is 4. The molecule has 1 saturated carbocycles. The average molecular weight is 859 g/mol. The van der Waals surface area contributed by atoms with Gasteiger partial charge in [0, 0.05) is 24.2 Å². The minimum atomic E-state index is -0.748. The number of aromatic amines is 2. The number of alkyl carbamates (subject to hydrolysis) is 2. The molecule has 3 aliphatic rings. The van der Waals surface area contributed by atoms with E-state index in [1.165, 1.54) is 14.2 Å². The third kappa shape index (κ3) is 8.82. The van der Waals surface area contributed by atoms with Gasteiger partial charge in [-0.05, 0) is 84.0 Å². The van der Waals surface area contributed by atoms with Gasteiger partial charge in [0.15, 0.2) is 0 Å². The number of hydrogen-bond acceptors (Lipinski definition) is 9. The molecule has 15 heteroatoms. The zero-order valence-corrected chi connectivity index (χ0v) is 36.9. The number of carbonyl (C=O) groups excluding carboxylic acids is 4. The van der Waals surface area contributed by atoms with Crippen molar-refractivity contribution in [1.29, 1.82) is 0 Å². The molecule has 63 heavy (non-hydrogen) atoms. The summed E-state index contributed by atoms with van der Waals surface area (Å²) in [6.45, 7) is 8.67. The molecule has 0 radical (unpaired) electrons. The van der Waals surface area contributed by atoms with E-state index in [-0.39, 0.29) is 29.7 Å². The Bertz CT molecular complexity index is 2490. The molecule has 0 spiro atoms. The highest BCUT2D eigenvalue weighted by Crippen LogP contribution is 2.41. The summed E-state index contributed by atoms with van der Waals surface area (Å²) in [6, 6.07) is 19.2. The Hall–Kier alpha value is -6.38. The van der Waals surface area contributed by atoms with Gasteiger partial charge in [-0.2, -0.15) is 0 Å². The second-order valence-corrected chi connectivity index (χ2v) is 17.7. The summed E-state index contributed by atoms with van der Waals surface area (Å²) in [5, 5.41) is 8.72. The van der Waals surface area contributed by atoms with Gasteiger partial charge in [-0.25, -0.2) is 19.6 Å². The predicted octanol–water partition coefficient (Wildman–Crippen LogP) is 7.92. The average Bonchev–Trinajstić information content (AvgIpc) is 4.04. The summed E-state index contributed by atoms with van der Waals surface area (Å²) >= 11 is 0. The van der Waals surface area contributed by atoms with Crippen molar-refractivity contribution in [2.24, 2.45) is 11.8 Å². The number of benzene rings is 3. The van der Waals surface area contributed by atoms with Crippen molar-refractivity contribution in [3.8, 4) is 39.3 Å². The minimum absolute atomic E-state index is 0.118. The van der Waals surface area contributed by atoms with Crippen LogP contribution in [0.2, 0.25) is 0 Å². The van der Waals surface area contributed by atoms with Gasteiger partial charge in [0.05, 0.1) is 49.1 Å². The number of amides is 4. The first-order chi connectivity index (χ1) is 30.4. The molecule has 3 atom stereocenters. The van der Waals surface area contributed by atoms with Crippen molar-refractivity contribution in [2.45, 2.75) is 103 Å². The van der Waals surface area contributed by atoms with Gasteiger partial charge in [0.2, 0.25) is 11.8 Å². The van der Waals surface area contributed by atoms with Gasteiger partial charge in [0.25, 0.3) is 0 Å². The summed E-state index contributed by atoms with van der Waals surface area (Å²) in [5.74, 6) is 1.56. The molecule has 2 aromatic heterocycles. The number of nitrogens with zero attached hydrogens (tertiary/aromatic N) is 3. The van der Waals surface area contributed by atoms with Crippen molar-refractivity contribution in [3.63, 3.8) is 0 Å². The van der Waals surface area contributed by atoms with E-state index in [1.54, 1.807) is 0 Å². The molecule has 2 fully saturated rings. The monoisotopic (exact) mass is 858 g/mol. The number of methoxy groups -OCH3 is 2. The number of ether oxygens (including phenoxy) is 3. The Balaban J connectivity index is 0.999. The van der Waals surface area contributed by atoms with Gasteiger partial charge in [-0.1, -0.05) is 83.4 Å². The van der Waals surface area contributed by atoms with E-state index in [2.05, 4.69) is 80.5 Å². The van der Waals surface area contributed by atoms with Crippen LogP contribution < -0.4 is 20.7 Å². The maximum Gasteiger partial charge on any atom is 0.407 e. The highest BCUT2D eigenvalue weighted by molar-refractivity contribution is 5.88. The lowest BCUT2D eigenvalue weighted by atomic mass is 9.80. The number of imidazole rings is 2. The van der Waals surface area contributed by atoms with Gasteiger partial charge in [0.1, 0.15) is 29.5 Å². The van der Waals surface area contributed by atoms with Crippen LogP contribution >= 0.6 is 0 Å². The van der Waals surface area contributed by atoms with E-state index in [0.717, 1.165) is 113 Å². The molecule has 1 aliphatic carbocycles. The van der Waals surface area contributed by atoms with E-state index in [4.69, 9.17) is 24.2 Å². The van der Waals surface area contributed by atoms with E-state index >= 15 is 0 Å². The van der Waals surface area contributed by atoms with Crippen LogP contribution in [-0.4, -0.2) is 88.3 Å². The maximum atomic E-state index is 13.8. The third-order valence-corrected chi connectivity index (χ3v) is 12.9. The smallest absolute Gasteiger partial charge is 0.407 e. The van der Waals surface area contributed by atoms with Gasteiger partial charge in [-0.15, -0.1) is 0 Å². The lowest BCUT2D eigenvalue weighted by Gasteiger charge is -2.38. The van der Waals surface area contributed by atoms with Crippen molar-refractivity contribution in [3.05, 3.63) is 78.0 Å². The summed E-state index contributed by atoms with van der Waals surface area (Å²) in [7, 11) is 2.59. The number of rotatable bonds is 11. The Morgan fingerprint density at radius 1 is 0.778 bits per heavy atom. The van der Waals surface area contributed by atoms with Crippen LogP contribution in [0.4, 0.5) is 9.59 Å². The topological polar surface area (TPSA) is 193 Å². The number of likely N-dealkylation sites (tertiary alicyclic amines) is 1. The van der Waals surface area contributed by atoms with Crippen molar-refractivity contribution >= 4 is 35.0 Å². The van der Waals surface area contributed by atoms with Crippen LogP contribution in [0, 0.1) is 11.8 Å². The Labute approximate surface area is 367 Å². The third-order valence-electron chi connectivity index (χ3n) is 12.9. The highest BCUT2D eigenvalue weighted by atomic mass is 16.5. The number of hydrogen-bond donors (Lipinski definition) is 5. The predicted molar refractivity (Wildman–Crippen MR) is 239 cm³/mol. The standard InChI is InChI=1S/C48H58N8O7/c1-27(2)39(53-46(59)61-5)43(57)55-48(21-8-7-9-22-48)45-50-34-19-17-31(25-36(34)51-45)29-12-14-30(15-13-29)32-16-18-33-38(26-32)63-24-20-35-41(33)52-42(49-35)37-11-10-23-56(37)44(58)40(28(3)4)54-47(60)62-6/h12-19,25-28,37,39-40H,7-11,20-24H2,1-6H3,(H,49,52)(H,50,51)(H,53,59)(H,54,60)(H,55,57)/t37-,39?,40-/m0/s1. The van der Waals surface area contributed by atoms with Crippen molar-refractivity contribution < 1.29 is 33.4 Å². The molecule has 4 amide bonds. The molecule has 2 aliphatic heterocycles. The SMILES string of the molecule is COC(=O)NC(C(=O)NC1(c2nc3ccc(-c4ccc(-c5ccc6c(c5)OCCc5[nH]c([C@@H]7CCCN7C(=O)[C@@H](NC(=O)OC)C(C)C)nc5-6)cc4)cc3[nH]2)CCCCC1)C(C)C. The molecule has 3 aromatic carbocycles. The minimum Gasteiger partial charge on any atom is -0.492 e. The summed E-state index contributed by atoms with van der Waals surface area (Å²) in [6.07, 6.45) is 5.46. The molecular weight excluding hydrogens is 801 g/mol. The molecule has 332 valence electrons. The maximum absolute atomic E-state index is 13.8. The molecule has 1 saturated heterocycles.